The van der Waals surface area contributed by atoms with Gasteiger partial charge in [0.2, 0.25) is 0 Å². The Hall–Kier alpha value is -3.41. The number of halogens is 1. The Morgan fingerprint density at radius 2 is 1.62 bits per heavy atom. The van der Waals surface area contributed by atoms with E-state index in [-0.39, 0.29) is 11.7 Å². The highest BCUT2D eigenvalue weighted by molar-refractivity contribution is 5.92. The van der Waals surface area contributed by atoms with Crippen LogP contribution in [0.2, 0.25) is 0 Å². The maximum Gasteiger partial charge on any atom is 0.272 e. The summed E-state index contributed by atoms with van der Waals surface area (Å²) in [4.78, 5) is 20.8. The number of pyridine rings is 1. The van der Waals surface area contributed by atoms with E-state index in [1.165, 1.54) is 11.6 Å². The number of para-hydroxylation sites is 1. The van der Waals surface area contributed by atoms with Crippen molar-refractivity contribution in [2.45, 2.75) is 6.92 Å². The number of hydrogen-bond donors (Lipinski definition) is 1. The largest absolute Gasteiger partial charge is 0.366 e. The van der Waals surface area contributed by atoms with Crippen LogP contribution in [0.25, 0.3) is 0 Å². The molecular weight excluding hydrogens is 367 g/mol. The molecule has 0 spiro atoms. The number of carbonyl (C=O) groups is 1. The molecule has 0 saturated carbocycles. The molecule has 0 atom stereocenters. The zero-order chi connectivity index (χ0) is 20.2. The lowest BCUT2D eigenvalue weighted by Gasteiger charge is -2.36. The number of amides is 1. The summed E-state index contributed by atoms with van der Waals surface area (Å²) in [6.45, 7) is 4.32. The number of hydrogen-bond acceptors (Lipinski definition) is 4. The van der Waals surface area contributed by atoms with Gasteiger partial charge in [-0.25, -0.2) is 9.37 Å². The zero-order valence-corrected chi connectivity index (χ0v) is 16.3. The predicted molar refractivity (Wildman–Crippen MR) is 113 cm³/mol. The first-order chi connectivity index (χ1) is 14.1. The summed E-state index contributed by atoms with van der Waals surface area (Å²) in [6.07, 6.45) is 1.67. The highest BCUT2D eigenvalue weighted by Crippen LogP contribution is 2.21. The van der Waals surface area contributed by atoms with Gasteiger partial charge in [0.05, 0.1) is 17.6 Å². The quantitative estimate of drug-likeness (QED) is 0.724. The molecule has 29 heavy (non-hydrogen) atoms. The zero-order valence-electron chi connectivity index (χ0n) is 16.3. The molecule has 6 heteroatoms. The summed E-state index contributed by atoms with van der Waals surface area (Å²) in [6, 6.07) is 18.4. The Labute approximate surface area is 169 Å². The number of benzene rings is 2. The molecule has 2 heterocycles. The van der Waals surface area contributed by atoms with Crippen molar-refractivity contribution in [1.82, 2.24) is 9.88 Å². The third-order valence-electron chi connectivity index (χ3n) is 5.08. The van der Waals surface area contributed by atoms with Gasteiger partial charge in [0.1, 0.15) is 11.5 Å². The van der Waals surface area contributed by atoms with Gasteiger partial charge < -0.3 is 15.1 Å². The second-order valence-corrected chi connectivity index (χ2v) is 7.15. The van der Waals surface area contributed by atoms with Gasteiger partial charge in [-0.3, -0.25) is 4.79 Å². The van der Waals surface area contributed by atoms with Crippen molar-refractivity contribution < 1.29 is 9.18 Å². The highest BCUT2D eigenvalue weighted by atomic mass is 19.1. The molecule has 148 valence electrons. The molecule has 1 aromatic heterocycles. The fourth-order valence-corrected chi connectivity index (χ4v) is 3.42. The Kier molecular flexibility index (Phi) is 5.42. The van der Waals surface area contributed by atoms with E-state index in [0.717, 1.165) is 11.4 Å². The van der Waals surface area contributed by atoms with Crippen LogP contribution < -0.4 is 10.2 Å². The van der Waals surface area contributed by atoms with Gasteiger partial charge in [0, 0.05) is 31.9 Å². The van der Waals surface area contributed by atoms with Gasteiger partial charge in [0.25, 0.3) is 5.91 Å². The van der Waals surface area contributed by atoms with Gasteiger partial charge in [-0.15, -0.1) is 0 Å². The minimum atomic E-state index is -0.231. The van der Waals surface area contributed by atoms with Crippen molar-refractivity contribution in [3.63, 3.8) is 0 Å². The molecule has 1 aliphatic heterocycles. The summed E-state index contributed by atoms with van der Waals surface area (Å²) in [5.74, 6) is -0.328. The average molecular weight is 390 g/mol. The number of nitrogens with zero attached hydrogens (tertiary/aromatic N) is 3. The number of rotatable bonds is 4. The van der Waals surface area contributed by atoms with Crippen LogP contribution in [-0.2, 0) is 0 Å². The van der Waals surface area contributed by atoms with E-state index in [0.29, 0.717) is 37.6 Å². The monoisotopic (exact) mass is 390 g/mol. The van der Waals surface area contributed by atoms with E-state index >= 15 is 0 Å². The lowest BCUT2D eigenvalue weighted by Crippen LogP contribution is -2.49. The Balaban J connectivity index is 1.36. The number of carbonyl (C=O) groups excluding carboxylic acids is 1. The Morgan fingerprint density at radius 3 is 2.28 bits per heavy atom. The normalized spacial score (nSPS) is 14.0. The number of aromatic nitrogens is 1. The maximum absolute atomic E-state index is 14.0. The molecule has 1 amide bonds. The molecular formula is C23H23FN4O. The van der Waals surface area contributed by atoms with E-state index in [9.17, 15) is 9.18 Å². The SMILES string of the molecule is Cc1ccc(Nc2ccc(C(=O)N3CCN(c4ccccc4F)CC3)nc2)cc1. The molecule has 1 saturated heterocycles. The first-order valence-electron chi connectivity index (χ1n) is 9.69. The summed E-state index contributed by atoms with van der Waals surface area (Å²) < 4.78 is 14.0. The molecule has 1 N–H and O–H groups in total. The second kappa shape index (κ2) is 8.31. The van der Waals surface area contributed by atoms with Gasteiger partial charge in [0.15, 0.2) is 0 Å². The minimum Gasteiger partial charge on any atom is -0.366 e. The van der Waals surface area contributed by atoms with Crippen LogP contribution in [0.15, 0.2) is 66.9 Å². The van der Waals surface area contributed by atoms with Crippen LogP contribution >= 0.6 is 0 Å². The van der Waals surface area contributed by atoms with Gasteiger partial charge in [-0.2, -0.15) is 0 Å². The topological polar surface area (TPSA) is 48.5 Å². The van der Waals surface area contributed by atoms with Crippen molar-refractivity contribution >= 4 is 23.0 Å². The van der Waals surface area contributed by atoms with E-state index in [2.05, 4.69) is 10.3 Å². The predicted octanol–water partition coefficient (Wildman–Crippen LogP) is 4.24. The standard InChI is InChI=1S/C23H23FN4O/c1-17-6-8-18(9-7-17)26-19-10-11-21(25-16-19)23(29)28-14-12-27(13-15-28)22-5-3-2-4-20(22)24/h2-11,16,26H,12-15H2,1H3. The van der Waals surface area contributed by atoms with Gasteiger partial charge in [-0.05, 0) is 43.3 Å². The molecule has 0 unspecified atom stereocenters. The fraction of sp³-hybridized carbons (Fsp3) is 0.217. The number of aryl methyl sites for hydroxylation is 1. The number of piperazine rings is 1. The van der Waals surface area contributed by atoms with Crippen LogP contribution in [-0.4, -0.2) is 42.0 Å². The van der Waals surface area contributed by atoms with Crippen LogP contribution in [0.3, 0.4) is 0 Å². The fourth-order valence-electron chi connectivity index (χ4n) is 3.42. The van der Waals surface area contributed by atoms with E-state index in [1.54, 1.807) is 29.3 Å². The van der Waals surface area contributed by atoms with Crippen LogP contribution in [0.4, 0.5) is 21.5 Å². The highest BCUT2D eigenvalue weighted by Gasteiger charge is 2.24. The van der Waals surface area contributed by atoms with E-state index < -0.39 is 0 Å². The van der Waals surface area contributed by atoms with Crippen molar-refractivity contribution in [2.75, 3.05) is 36.4 Å². The number of nitrogens with one attached hydrogen (secondary N) is 1. The molecule has 2 aromatic carbocycles. The molecule has 1 fully saturated rings. The summed E-state index contributed by atoms with van der Waals surface area (Å²) in [5.41, 5.74) is 4.00. The second-order valence-electron chi connectivity index (χ2n) is 7.15. The van der Waals surface area contributed by atoms with E-state index in [4.69, 9.17) is 0 Å². The molecule has 5 nitrogen and oxygen atoms in total. The smallest absolute Gasteiger partial charge is 0.272 e. The van der Waals surface area contributed by atoms with E-state index in [1.807, 2.05) is 48.2 Å². The first-order valence-corrected chi connectivity index (χ1v) is 9.69. The molecule has 0 radical (unpaired) electrons. The molecule has 0 bridgehead atoms. The third-order valence-corrected chi connectivity index (χ3v) is 5.08. The lowest BCUT2D eigenvalue weighted by molar-refractivity contribution is 0.0741. The molecule has 1 aliphatic rings. The van der Waals surface area contributed by atoms with Gasteiger partial charge in [-0.1, -0.05) is 29.8 Å². The minimum absolute atomic E-state index is 0.0972. The lowest BCUT2D eigenvalue weighted by atomic mass is 10.2. The first kappa shape index (κ1) is 18.9. The third kappa shape index (κ3) is 4.37. The maximum atomic E-state index is 14.0. The molecule has 3 aromatic rings. The van der Waals surface area contributed by atoms with Crippen molar-refractivity contribution in [2.24, 2.45) is 0 Å². The summed E-state index contributed by atoms with van der Waals surface area (Å²) in [5, 5.41) is 3.28. The summed E-state index contributed by atoms with van der Waals surface area (Å²) in [7, 11) is 0. The average Bonchev–Trinajstić information content (AvgIpc) is 2.76. The van der Waals surface area contributed by atoms with Crippen LogP contribution in [0.1, 0.15) is 16.1 Å². The van der Waals surface area contributed by atoms with Gasteiger partial charge >= 0.3 is 0 Å². The van der Waals surface area contributed by atoms with Crippen LogP contribution in [0.5, 0.6) is 0 Å². The Morgan fingerprint density at radius 1 is 0.931 bits per heavy atom. The molecule has 4 rings (SSSR count). The van der Waals surface area contributed by atoms with Crippen molar-refractivity contribution in [3.8, 4) is 0 Å². The van der Waals surface area contributed by atoms with Crippen LogP contribution in [0, 0.1) is 12.7 Å². The number of anilines is 3. The summed E-state index contributed by atoms with van der Waals surface area (Å²) >= 11 is 0. The van der Waals surface area contributed by atoms with Crippen molar-refractivity contribution in [3.05, 3.63) is 83.9 Å². The van der Waals surface area contributed by atoms with Crippen molar-refractivity contribution in [1.29, 1.82) is 0 Å². The molecule has 0 aliphatic carbocycles. The Bertz CT molecular complexity index is 981.